The van der Waals surface area contributed by atoms with Gasteiger partial charge in [-0.3, -0.25) is 20.4 Å². The number of rotatable bonds is 8. The molecule has 30 heavy (non-hydrogen) atoms. The van der Waals surface area contributed by atoms with Gasteiger partial charge in [0.15, 0.2) is 0 Å². The van der Waals surface area contributed by atoms with E-state index in [2.05, 4.69) is 35.7 Å². The minimum Gasteiger partial charge on any atom is -0.372 e. The number of benzene rings is 2. The summed E-state index contributed by atoms with van der Waals surface area (Å²) in [6.07, 6.45) is 0. The lowest BCUT2D eigenvalue weighted by Crippen LogP contribution is -2.41. The average Bonchev–Trinajstić information content (AvgIpc) is 3.31. The van der Waals surface area contributed by atoms with Crippen LogP contribution in [0.4, 0.5) is 5.69 Å². The number of carbonyl (C=O) groups is 2. The Bertz CT molecular complexity index is 968. The first-order valence-corrected chi connectivity index (χ1v) is 11.7. The normalized spacial score (nSPS) is 10.5. The molecule has 2 N–H and O–H groups in total. The van der Waals surface area contributed by atoms with Crippen LogP contribution in [0.2, 0.25) is 0 Å². The van der Waals surface area contributed by atoms with Crippen LogP contribution in [-0.4, -0.2) is 24.9 Å². The van der Waals surface area contributed by atoms with Crippen LogP contribution in [0.25, 0.3) is 0 Å². The molecule has 0 bridgehead atoms. The molecule has 1 heterocycles. The second kappa shape index (κ2) is 10.8. The zero-order valence-corrected chi connectivity index (χ0v) is 18.7. The van der Waals surface area contributed by atoms with E-state index in [9.17, 15) is 9.59 Å². The molecular formula is C23H25N3O2S2. The smallest absolute Gasteiger partial charge is 0.270 e. The molecule has 0 aliphatic heterocycles. The minimum absolute atomic E-state index is 0.336. The number of hydrogen-bond donors (Lipinski definition) is 2. The predicted octanol–water partition coefficient (Wildman–Crippen LogP) is 4.96. The van der Waals surface area contributed by atoms with Gasteiger partial charge in [-0.2, -0.15) is 0 Å². The van der Waals surface area contributed by atoms with Gasteiger partial charge in [0.25, 0.3) is 11.8 Å². The molecule has 0 saturated heterocycles. The van der Waals surface area contributed by atoms with Crippen LogP contribution in [-0.2, 0) is 5.75 Å². The molecular weight excluding hydrogens is 414 g/mol. The van der Waals surface area contributed by atoms with Gasteiger partial charge in [-0.05, 0) is 61.7 Å². The van der Waals surface area contributed by atoms with Gasteiger partial charge < -0.3 is 4.90 Å². The molecule has 3 rings (SSSR count). The van der Waals surface area contributed by atoms with Crippen LogP contribution in [0.1, 0.15) is 39.4 Å². The first-order valence-electron chi connectivity index (χ1n) is 9.82. The lowest BCUT2D eigenvalue weighted by atomic mass is 10.2. The van der Waals surface area contributed by atoms with Crippen LogP contribution >= 0.6 is 23.1 Å². The lowest BCUT2D eigenvalue weighted by Gasteiger charge is -2.21. The fraction of sp³-hybridized carbons (Fsp3) is 0.217. The van der Waals surface area contributed by atoms with Gasteiger partial charge in [0.05, 0.1) is 5.56 Å². The van der Waals surface area contributed by atoms with E-state index >= 15 is 0 Å². The van der Waals surface area contributed by atoms with E-state index in [-0.39, 0.29) is 11.8 Å². The standard InChI is InChI=1S/C23H25N3O2S2/c1-3-26(4-2)18-13-11-17(12-14-18)22(27)24-25-23(28)20-9-5-6-10-21(20)30-16-19-8-7-15-29-19/h5-15H,3-4,16H2,1-2H3,(H,24,27)(H,25,28). The van der Waals surface area contributed by atoms with E-state index in [1.54, 1.807) is 41.3 Å². The Morgan fingerprint density at radius 2 is 1.60 bits per heavy atom. The van der Waals surface area contributed by atoms with Crippen molar-refractivity contribution in [3.63, 3.8) is 0 Å². The summed E-state index contributed by atoms with van der Waals surface area (Å²) in [4.78, 5) is 29.4. The average molecular weight is 440 g/mol. The third-order valence-corrected chi connectivity index (χ3v) is 6.81. The molecule has 7 heteroatoms. The Balaban J connectivity index is 1.59. The highest BCUT2D eigenvalue weighted by Crippen LogP contribution is 2.27. The molecule has 1 aromatic heterocycles. The highest BCUT2D eigenvalue weighted by molar-refractivity contribution is 7.98. The lowest BCUT2D eigenvalue weighted by molar-refractivity contribution is 0.0845. The van der Waals surface area contributed by atoms with Crippen molar-refractivity contribution in [3.8, 4) is 0 Å². The number of carbonyl (C=O) groups excluding carboxylic acids is 2. The Kier molecular flexibility index (Phi) is 7.93. The first-order chi connectivity index (χ1) is 14.6. The number of thiophene rings is 1. The van der Waals surface area contributed by atoms with E-state index in [0.717, 1.165) is 29.4 Å². The zero-order valence-electron chi connectivity index (χ0n) is 17.1. The third kappa shape index (κ3) is 5.64. The van der Waals surface area contributed by atoms with Crippen molar-refractivity contribution < 1.29 is 9.59 Å². The van der Waals surface area contributed by atoms with Crippen molar-refractivity contribution in [1.82, 2.24) is 10.9 Å². The molecule has 0 aliphatic carbocycles. The summed E-state index contributed by atoms with van der Waals surface area (Å²) in [6.45, 7) is 6.00. The molecule has 0 fully saturated rings. The second-order valence-corrected chi connectivity index (χ2v) is 8.54. The van der Waals surface area contributed by atoms with Crippen molar-refractivity contribution in [2.45, 2.75) is 24.5 Å². The Morgan fingerprint density at radius 1 is 0.900 bits per heavy atom. The van der Waals surface area contributed by atoms with Crippen molar-refractivity contribution in [2.75, 3.05) is 18.0 Å². The number of amides is 2. The number of nitrogens with zero attached hydrogens (tertiary/aromatic N) is 1. The molecule has 2 amide bonds. The molecule has 2 aromatic carbocycles. The monoisotopic (exact) mass is 439 g/mol. The summed E-state index contributed by atoms with van der Waals surface area (Å²) in [5.74, 6) is 0.114. The van der Waals surface area contributed by atoms with Gasteiger partial charge in [-0.1, -0.05) is 18.2 Å². The van der Waals surface area contributed by atoms with E-state index < -0.39 is 0 Å². The molecule has 0 aliphatic rings. The molecule has 0 atom stereocenters. The minimum atomic E-state index is -0.349. The first kappa shape index (κ1) is 21.9. The van der Waals surface area contributed by atoms with Crippen LogP contribution in [0.15, 0.2) is 70.9 Å². The highest BCUT2D eigenvalue weighted by atomic mass is 32.2. The number of anilines is 1. The topological polar surface area (TPSA) is 61.4 Å². The van der Waals surface area contributed by atoms with E-state index in [4.69, 9.17) is 0 Å². The third-order valence-electron chi connectivity index (χ3n) is 4.63. The largest absolute Gasteiger partial charge is 0.372 e. The SMILES string of the molecule is CCN(CC)c1ccc(C(=O)NNC(=O)c2ccccc2SCc2cccs2)cc1. The predicted molar refractivity (Wildman–Crippen MR) is 125 cm³/mol. The fourth-order valence-electron chi connectivity index (χ4n) is 2.99. The van der Waals surface area contributed by atoms with Gasteiger partial charge in [-0.15, -0.1) is 23.1 Å². The van der Waals surface area contributed by atoms with E-state index in [1.165, 1.54) is 4.88 Å². The quantitative estimate of drug-likeness (QED) is 0.385. The number of nitrogens with one attached hydrogen (secondary N) is 2. The van der Waals surface area contributed by atoms with Gasteiger partial charge in [-0.25, -0.2) is 0 Å². The molecule has 3 aromatic rings. The summed E-state index contributed by atoms with van der Waals surface area (Å²) in [5.41, 5.74) is 7.14. The number of hydrogen-bond acceptors (Lipinski definition) is 5. The summed E-state index contributed by atoms with van der Waals surface area (Å²) in [5, 5.41) is 2.04. The molecule has 5 nitrogen and oxygen atoms in total. The molecule has 0 radical (unpaired) electrons. The number of hydrazine groups is 1. The van der Waals surface area contributed by atoms with Crippen molar-refractivity contribution in [2.24, 2.45) is 0 Å². The fourth-order valence-corrected chi connectivity index (χ4v) is 4.81. The maximum absolute atomic E-state index is 12.6. The zero-order chi connectivity index (χ0) is 21.3. The molecule has 0 saturated carbocycles. The molecule has 0 spiro atoms. The summed E-state index contributed by atoms with van der Waals surface area (Å²) < 4.78 is 0. The van der Waals surface area contributed by atoms with Crippen LogP contribution in [0, 0.1) is 0 Å². The summed E-state index contributed by atoms with van der Waals surface area (Å²) >= 11 is 3.30. The summed E-state index contributed by atoms with van der Waals surface area (Å²) in [7, 11) is 0. The summed E-state index contributed by atoms with van der Waals surface area (Å²) in [6, 6.07) is 18.9. The van der Waals surface area contributed by atoms with Gasteiger partial charge >= 0.3 is 0 Å². The van der Waals surface area contributed by atoms with E-state index in [1.807, 2.05) is 41.8 Å². The highest BCUT2D eigenvalue weighted by Gasteiger charge is 2.13. The van der Waals surface area contributed by atoms with Crippen LogP contribution in [0.5, 0.6) is 0 Å². The Morgan fingerprint density at radius 3 is 2.27 bits per heavy atom. The van der Waals surface area contributed by atoms with Crippen LogP contribution in [0.3, 0.4) is 0 Å². The van der Waals surface area contributed by atoms with Crippen molar-refractivity contribution in [1.29, 1.82) is 0 Å². The Labute approximate surface area is 185 Å². The van der Waals surface area contributed by atoms with Crippen molar-refractivity contribution >= 4 is 40.6 Å². The van der Waals surface area contributed by atoms with Crippen molar-refractivity contribution in [3.05, 3.63) is 82.0 Å². The van der Waals surface area contributed by atoms with Gasteiger partial charge in [0.1, 0.15) is 0 Å². The molecule has 0 unspecified atom stereocenters. The number of thioether (sulfide) groups is 1. The van der Waals surface area contributed by atoms with Gasteiger partial charge in [0, 0.05) is 39.9 Å². The van der Waals surface area contributed by atoms with Crippen LogP contribution < -0.4 is 15.8 Å². The maximum atomic E-state index is 12.6. The van der Waals surface area contributed by atoms with Gasteiger partial charge in [0.2, 0.25) is 0 Å². The maximum Gasteiger partial charge on any atom is 0.270 e. The van der Waals surface area contributed by atoms with E-state index in [0.29, 0.717) is 11.1 Å². The Hall–Kier alpha value is -2.77. The molecule has 156 valence electrons. The second-order valence-electron chi connectivity index (χ2n) is 6.49.